The first-order chi connectivity index (χ1) is 22.4. The molecule has 4 fully saturated rings. The average molecular weight is 700 g/mol. The van der Waals surface area contributed by atoms with Gasteiger partial charge in [0.1, 0.15) is 48.0 Å². The van der Waals surface area contributed by atoms with Crippen LogP contribution in [0, 0.1) is 0 Å². The molecule has 9 atom stereocenters. The number of phosphoric acid groups is 1. The number of aromatic amines is 1. The fraction of sp³-hybridized carbons (Fsp3) is 0.545. The zero-order valence-corrected chi connectivity index (χ0v) is 25.7. The molecule has 47 heavy (non-hydrogen) atoms. The van der Waals surface area contributed by atoms with E-state index < -0.39 is 85.4 Å². The van der Waals surface area contributed by atoms with Crippen molar-refractivity contribution < 1.29 is 50.1 Å². The van der Waals surface area contributed by atoms with Crippen molar-refractivity contribution in [1.29, 1.82) is 0 Å². The number of hydrogen-bond donors (Lipinski definition) is 5. The van der Waals surface area contributed by atoms with Crippen molar-refractivity contribution in [1.82, 2.24) is 43.8 Å². The second-order valence-electron chi connectivity index (χ2n) is 11.1. The lowest BCUT2D eigenvalue weighted by atomic mass is 10.0. The highest BCUT2D eigenvalue weighted by Crippen LogP contribution is 2.54. The molecule has 4 aromatic rings. The first kappa shape index (κ1) is 30.6. The van der Waals surface area contributed by atoms with Gasteiger partial charge in [-0.2, -0.15) is 18.1 Å². The minimum Gasteiger partial charge on any atom is -0.382 e. The molecule has 4 aliphatic heterocycles. The van der Waals surface area contributed by atoms with Crippen molar-refractivity contribution in [3.8, 4) is 0 Å². The van der Waals surface area contributed by atoms with E-state index in [2.05, 4.69) is 34.6 Å². The van der Waals surface area contributed by atoms with Gasteiger partial charge in [0.25, 0.3) is 5.56 Å². The molecular weight excluding hydrogens is 673 g/mol. The summed E-state index contributed by atoms with van der Waals surface area (Å²) in [7, 11) is -8.36. The minimum absolute atomic E-state index is 0.0422. The van der Waals surface area contributed by atoms with Gasteiger partial charge in [-0.05, 0) is 0 Å². The summed E-state index contributed by atoms with van der Waals surface area (Å²) in [6, 6.07) is 0. The Balaban J connectivity index is 1.15. The number of phosphoric ester groups is 1. The molecule has 0 aliphatic carbocycles. The van der Waals surface area contributed by atoms with Gasteiger partial charge in [-0.3, -0.25) is 28.0 Å². The third-order valence-electron chi connectivity index (χ3n) is 8.34. The van der Waals surface area contributed by atoms with Crippen LogP contribution in [-0.4, -0.2) is 115 Å². The Morgan fingerprint density at radius 1 is 1.09 bits per heavy atom. The molecule has 0 radical (unpaired) electrons. The first-order valence-electron chi connectivity index (χ1n) is 13.9. The molecule has 4 bridgehead atoms. The Morgan fingerprint density at radius 3 is 2.64 bits per heavy atom. The Bertz CT molecular complexity index is 2110. The van der Waals surface area contributed by atoms with E-state index in [9.17, 15) is 22.7 Å². The van der Waals surface area contributed by atoms with Crippen molar-refractivity contribution in [2.75, 3.05) is 38.3 Å². The van der Waals surface area contributed by atoms with Gasteiger partial charge in [-0.15, -0.1) is 0 Å². The van der Waals surface area contributed by atoms with Gasteiger partial charge in [-0.25, -0.2) is 28.7 Å². The number of nitrogens with one attached hydrogen (secondary N) is 2. The van der Waals surface area contributed by atoms with Crippen LogP contribution >= 0.6 is 7.82 Å². The molecule has 8 rings (SSSR count). The quantitative estimate of drug-likeness (QED) is 0.137. The van der Waals surface area contributed by atoms with Crippen molar-refractivity contribution in [2.24, 2.45) is 0 Å². The second kappa shape index (κ2) is 10.7. The summed E-state index contributed by atoms with van der Waals surface area (Å²) in [5, 5.41) is 0. The van der Waals surface area contributed by atoms with Gasteiger partial charge in [0, 0.05) is 13.7 Å². The number of rotatable bonds is 3. The predicted octanol–water partition coefficient (Wildman–Crippen LogP) is -2.56. The number of H-pyrrole nitrogens is 1. The zero-order chi connectivity index (χ0) is 32.9. The van der Waals surface area contributed by atoms with Crippen LogP contribution in [0.2, 0.25) is 0 Å². The molecule has 4 aliphatic rings. The smallest absolute Gasteiger partial charge is 0.382 e. The average Bonchev–Trinajstić information content (AvgIpc) is 3.82. The monoisotopic (exact) mass is 699 g/mol. The topological polar surface area (TPSA) is 307 Å². The largest absolute Gasteiger partial charge is 0.472 e. The van der Waals surface area contributed by atoms with E-state index in [1.807, 2.05) is 0 Å². The normalized spacial score (nSPS) is 37.0. The van der Waals surface area contributed by atoms with Crippen LogP contribution in [-0.2, 0) is 47.0 Å². The molecular formula is C22H26N11O12PS. The molecule has 4 aromatic heterocycles. The fourth-order valence-corrected chi connectivity index (χ4v) is 8.24. The SMILES string of the molecule is CO[C@H]1[C@H]2OP(=O)(O)OC[C@@]34CO[C@@H]([C@H](n5cnc6c(N)ncnc65)O3)[C@@H]4OS(=O)(=O)NC[C@H]1O[C@H]2n1cnc2c(=O)[nH]c(N)nc21. The maximum Gasteiger partial charge on any atom is 0.472 e. The van der Waals surface area contributed by atoms with Gasteiger partial charge in [0.05, 0.1) is 25.9 Å². The number of anilines is 2. The Morgan fingerprint density at radius 2 is 1.85 bits per heavy atom. The van der Waals surface area contributed by atoms with Crippen LogP contribution in [0.3, 0.4) is 0 Å². The summed E-state index contributed by atoms with van der Waals surface area (Å²) in [5.41, 5.74) is 9.64. The van der Waals surface area contributed by atoms with E-state index in [1.165, 1.54) is 35.2 Å². The fourth-order valence-electron chi connectivity index (χ4n) is 6.27. The van der Waals surface area contributed by atoms with Crippen molar-refractivity contribution >= 4 is 52.2 Å². The number of nitrogens with zero attached hydrogens (tertiary/aromatic N) is 7. The van der Waals surface area contributed by atoms with E-state index in [0.29, 0.717) is 0 Å². The van der Waals surface area contributed by atoms with Gasteiger partial charge in [0.15, 0.2) is 35.1 Å². The highest BCUT2D eigenvalue weighted by Gasteiger charge is 2.66. The van der Waals surface area contributed by atoms with Gasteiger partial charge < -0.3 is 35.3 Å². The molecule has 4 saturated heterocycles. The second-order valence-corrected chi connectivity index (χ2v) is 13.9. The molecule has 0 aromatic carbocycles. The van der Waals surface area contributed by atoms with Gasteiger partial charge in [0.2, 0.25) is 5.95 Å². The summed E-state index contributed by atoms with van der Waals surface area (Å²) >= 11 is 0. The molecule has 0 spiro atoms. The number of nitrogens with two attached hydrogens (primary N) is 2. The maximum atomic E-state index is 13.6. The third-order valence-corrected chi connectivity index (χ3v) is 10.3. The molecule has 23 nitrogen and oxygen atoms in total. The van der Waals surface area contributed by atoms with Crippen molar-refractivity contribution in [2.45, 2.75) is 48.6 Å². The maximum absolute atomic E-state index is 13.6. The lowest BCUT2D eigenvalue weighted by Gasteiger charge is -2.32. The number of fused-ring (bicyclic) bond motifs is 4. The third kappa shape index (κ3) is 4.91. The first-order valence-corrected chi connectivity index (χ1v) is 16.8. The van der Waals surface area contributed by atoms with Crippen LogP contribution in [0.4, 0.5) is 11.8 Å². The molecule has 8 heterocycles. The van der Waals surface area contributed by atoms with Crippen LogP contribution in [0.15, 0.2) is 23.8 Å². The summed E-state index contributed by atoms with van der Waals surface area (Å²) in [6.07, 6.45) is -4.83. The van der Waals surface area contributed by atoms with E-state index in [0.717, 1.165) is 0 Å². The lowest BCUT2D eigenvalue weighted by molar-refractivity contribution is -0.184. The molecule has 252 valence electrons. The Kier molecular flexibility index (Phi) is 6.95. The van der Waals surface area contributed by atoms with E-state index in [4.69, 9.17) is 43.6 Å². The molecule has 0 amide bonds. The van der Waals surface area contributed by atoms with E-state index in [-0.39, 0.29) is 40.7 Å². The summed E-state index contributed by atoms with van der Waals surface area (Å²) < 4.78 is 85.9. The predicted molar refractivity (Wildman–Crippen MR) is 152 cm³/mol. The standard InChI is InChI=1S/C22H26N11O12PS/c1-39-11-8-2-29-47(37,38)45-14-13-20(32-6-27-9-15(23)25-5-26-16(9)32)43-22(14,3-40-13)4-41-46(35,36)44-12(11)19(42-8)33-7-28-10-17(33)30-21(24)31-18(10)34/h5-8,11-14,19-20,29H,2-4H2,1H3,(H,35,36)(H2,23,25,26)(H3,24,30,31,34)/t8-,11-,12-,13-,14+,19-,20-,22-/m1/s1. The molecule has 7 N–H and O–H groups in total. The number of hydrogen-bond acceptors (Lipinski definition) is 18. The minimum atomic E-state index is -5.04. The summed E-state index contributed by atoms with van der Waals surface area (Å²) in [5.74, 6) is -0.134. The highest BCUT2D eigenvalue weighted by molar-refractivity contribution is 7.84. The van der Waals surface area contributed by atoms with Gasteiger partial charge in [-0.1, -0.05) is 0 Å². The van der Waals surface area contributed by atoms with Crippen LogP contribution < -0.4 is 21.7 Å². The highest BCUT2D eigenvalue weighted by atomic mass is 32.2. The molecule has 25 heteroatoms. The van der Waals surface area contributed by atoms with Crippen molar-refractivity contribution in [3.05, 3.63) is 29.3 Å². The Labute approximate surface area is 262 Å². The van der Waals surface area contributed by atoms with E-state index >= 15 is 0 Å². The number of nitrogen functional groups attached to an aromatic ring is 2. The number of imidazole rings is 2. The van der Waals surface area contributed by atoms with Gasteiger partial charge >= 0.3 is 18.1 Å². The van der Waals surface area contributed by atoms with E-state index in [1.54, 1.807) is 0 Å². The lowest BCUT2D eigenvalue weighted by Crippen LogP contribution is -2.48. The number of aromatic nitrogens is 8. The Hall–Kier alpha value is -3.68. The molecule has 1 unspecified atom stereocenters. The van der Waals surface area contributed by atoms with Crippen LogP contribution in [0.1, 0.15) is 12.5 Å². The number of ether oxygens (including phenoxy) is 4. The molecule has 0 saturated carbocycles. The van der Waals surface area contributed by atoms with Crippen molar-refractivity contribution in [3.63, 3.8) is 0 Å². The van der Waals surface area contributed by atoms with Crippen LogP contribution in [0.25, 0.3) is 22.3 Å². The summed E-state index contributed by atoms with van der Waals surface area (Å²) in [6.45, 7) is -1.45. The summed E-state index contributed by atoms with van der Waals surface area (Å²) in [4.78, 5) is 46.2. The number of methoxy groups -OCH3 is 1. The van der Waals surface area contributed by atoms with Crippen LogP contribution in [0.5, 0.6) is 0 Å². The zero-order valence-electron chi connectivity index (χ0n) is 24.0.